The van der Waals surface area contributed by atoms with Crippen molar-refractivity contribution in [1.29, 1.82) is 0 Å². The highest BCUT2D eigenvalue weighted by Crippen LogP contribution is 2.49. The molecule has 82 valence electrons. The molecule has 0 aromatic heterocycles. The lowest BCUT2D eigenvalue weighted by Crippen LogP contribution is -2.22. The van der Waals surface area contributed by atoms with Gasteiger partial charge in [0.2, 0.25) is 0 Å². The van der Waals surface area contributed by atoms with E-state index in [0.29, 0.717) is 0 Å². The summed E-state index contributed by atoms with van der Waals surface area (Å²) in [4.78, 5) is 0. The minimum atomic E-state index is -0.389. The number of halogens is 2. The van der Waals surface area contributed by atoms with Gasteiger partial charge in [-0.1, -0.05) is 15.9 Å². The Morgan fingerprint density at radius 2 is 2.13 bits per heavy atom. The van der Waals surface area contributed by atoms with Crippen molar-refractivity contribution >= 4 is 15.9 Å². The molecule has 0 spiro atoms. The number of hydrogen-bond donors (Lipinski definition) is 1. The summed E-state index contributed by atoms with van der Waals surface area (Å²) in [6.07, 6.45) is 1.78. The van der Waals surface area contributed by atoms with Crippen LogP contribution in [0.2, 0.25) is 0 Å². The zero-order chi connectivity index (χ0) is 11.2. The summed E-state index contributed by atoms with van der Waals surface area (Å²) in [5.74, 6) is -0.0719. The van der Waals surface area contributed by atoms with Crippen molar-refractivity contribution in [2.45, 2.75) is 25.3 Å². The molecule has 0 aliphatic heterocycles. The van der Waals surface area contributed by atoms with Gasteiger partial charge in [-0.3, -0.25) is 0 Å². The summed E-state index contributed by atoms with van der Waals surface area (Å²) in [6.45, 7) is 1.92. The summed E-state index contributed by atoms with van der Waals surface area (Å²) >= 11 is 3.33. The molecule has 0 bridgehead atoms. The Kier molecular flexibility index (Phi) is 2.51. The Hall–Kier alpha value is -0.610. The molecule has 1 aliphatic carbocycles. The lowest BCUT2D eigenvalue weighted by molar-refractivity contribution is 0.375. The Balaban J connectivity index is 2.68. The number of methoxy groups -OCH3 is 1. The van der Waals surface area contributed by atoms with E-state index in [4.69, 9.17) is 10.5 Å². The number of hydrogen-bond acceptors (Lipinski definition) is 2. The fraction of sp³-hybridized carbons (Fsp3) is 0.455. The predicted octanol–water partition coefficient (Wildman–Crippen LogP) is 2.85. The number of benzene rings is 1. The second-order valence-corrected chi connectivity index (χ2v) is 4.88. The second-order valence-electron chi connectivity index (χ2n) is 4.03. The van der Waals surface area contributed by atoms with E-state index < -0.39 is 0 Å². The van der Waals surface area contributed by atoms with Crippen LogP contribution in [0.4, 0.5) is 4.39 Å². The van der Waals surface area contributed by atoms with Crippen molar-refractivity contribution in [3.8, 4) is 5.75 Å². The Bertz CT molecular complexity index is 416. The van der Waals surface area contributed by atoms with E-state index in [2.05, 4.69) is 15.9 Å². The van der Waals surface area contributed by atoms with Crippen LogP contribution in [-0.4, -0.2) is 7.11 Å². The van der Waals surface area contributed by atoms with Gasteiger partial charge in [0.1, 0.15) is 0 Å². The molecule has 2 N–H and O–H groups in total. The molecule has 0 unspecified atom stereocenters. The zero-order valence-electron chi connectivity index (χ0n) is 8.73. The third-order valence-corrected chi connectivity index (χ3v) is 3.75. The van der Waals surface area contributed by atoms with Crippen LogP contribution < -0.4 is 10.5 Å². The van der Waals surface area contributed by atoms with Crippen molar-refractivity contribution in [3.63, 3.8) is 0 Å². The van der Waals surface area contributed by atoms with Crippen molar-refractivity contribution < 1.29 is 9.13 Å². The first-order valence-corrected chi connectivity index (χ1v) is 5.61. The first kappa shape index (κ1) is 10.9. The summed E-state index contributed by atoms with van der Waals surface area (Å²) < 4.78 is 19.5. The second kappa shape index (κ2) is 3.46. The predicted molar refractivity (Wildman–Crippen MR) is 60.5 cm³/mol. The van der Waals surface area contributed by atoms with Gasteiger partial charge in [-0.2, -0.15) is 0 Å². The van der Waals surface area contributed by atoms with Gasteiger partial charge in [-0.25, -0.2) is 4.39 Å². The van der Waals surface area contributed by atoms with Crippen molar-refractivity contribution in [2.24, 2.45) is 5.73 Å². The lowest BCUT2D eigenvalue weighted by Gasteiger charge is -2.19. The summed E-state index contributed by atoms with van der Waals surface area (Å²) in [5, 5.41) is 0. The van der Waals surface area contributed by atoms with Crippen LogP contribution in [-0.2, 0) is 5.54 Å². The SMILES string of the molecule is COc1c(F)cc(Br)c(C)c1C1(N)CC1. The zero-order valence-corrected chi connectivity index (χ0v) is 10.3. The third-order valence-electron chi connectivity index (χ3n) is 2.92. The van der Waals surface area contributed by atoms with E-state index in [0.717, 1.165) is 28.4 Å². The molecular formula is C11H13BrFNO. The first-order valence-electron chi connectivity index (χ1n) is 4.81. The summed E-state index contributed by atoms with van der Waals surface area (Å²) in [7, 11) is 1.47. The summed E-state index contributed by atoms with van der Waals surface area (Å²) in [6, 6.07) is 1.42. The van der Waals surface area contributed by atoms with Crippen LogP contribution in [0.15, 0.2) is 10.5 Å². The minimum Gasteiger partial charge on any atom is -0.493 e. The van der Waals surface area contributed by atoms with E-state index in [1.807, 2.05) is 6.92 Å². The van der Waals surface area contributed by atoms with Crippen LogP contribution in [0.3, 0.4) is 0 Å². The van der Waals surface area contributed by atoms with Gasteiger partial charge in [-0.05, 0) is 31.4 Å². The average Bonchev–Trinajstić information content (AvgIpc) is 2.90. The Labute approximate surface area is 96.7 Å². The average molecular weight is 274 g/mol. The molecule has 15 heavy (non-hydrogen) atoms. The molecule has 1 aromatic rings. The molecule has 4 heteroatoms. The van der Waals surface area contributed by atoms with Gasteiger partial charge in [0.25, 0.3) is 0 Å². The van der Waals surface area contributed by atoms with Crippen molar-refractivity contribution in [3.05, 3.63) is 27.5 Å². The smallest absolute Gasteiger partial charge is 0.166 e. The molecule has 0 amide bonds. The third kappa shape index (κ3) is 1.66. The highest BCUT2D eigenvalue weighted by Gasteiger charge is 2.44. The van der Waals surface area contributed by atoms with Gasteiger partial charge in [0.05, 0.1) is 7.11 Å². The molecule has 0 heterocycles. The molecule has 0 atom stereocenters. The van der Waals surface area contributed by atoms with Crippen LogP contribution in [0.1, 0.15) is 24.0 Å². The standard InChI is InChI=1S/C11H13BrFNO/c1-6-7(12)5-8(13)10(15-2)9(6)11(14)3-4-11/h5H,3-4,14H2,1-2H3. The van der Waals surface area contributed by atoms with Crippen molar-refractivity contribution in [1.82, 2.24) is 0 Å². The number of nitrogens with two attached hydrogens (primary N) is 1. The van der Waals surface area contributed by atoms with Gasteiger partial charge in [0, 0.05) is 15.6 Å². The molecule has 0 radical (unpaired) electrons. The highest BCUT2D eigenvalue weighted by molar-refractivity contribution is 9.10. The van der Waals surface area contributed by atoms with Crippen molar-refractivity contribution in [2.75, 3.05) is 7.11 Å². The Morgan fingerprint density at radius 1 is 1.53 bits per heavy atom. The van der Waals surface area contributed by atoms with Gasteiger partial charge in [-0.15, -0.1) is 0 Å². The molecular weight excluding hydrogens is 261 g/mol. The molecule has 1 saturated carbocycles. The van der Waals surface area contributed by atoms with E-state index in [1.165, 1.54) is 13.2 Å². The molecule has 1 aliphatic rings. The van der Waals surface area contributed by atoms with Crippen LogP contribution in [0.25, 0.3) is 0 Å². The fourth-order valence-corrected chi connectivity index (χ4v) is 2.28. The highest BCUT2D eigenvalue weighted by atomic mass is 79.9. The molecule has 2 nitrogen and oxygen atoms in total. The number of rotatable bonds is 2. The normalized spacial score (nSPS) is 17.7. The maximum atomic E-state index is 13.6. The van der Waals surface area contributed by atoms with Gasteiger partial charge in [0.15, 0.2) is 11.6 Å². The maximum Gasteiger partial charge on any atom is 0.166 e. The van der Waals surface area contributed by atoms with Crippen LogP contribution in [0, 0.1) is 12.7 Å². The molecule has 0 saturated heterocycles. The lowest BCUT2D eigenvalue weighted by atomic mass is 9.98. The van der Waals surface area contributed by atoms with Gasteiger partial charge < -0.3 is 10.5 Å². The van der Waals surface area contributed by atoms with Crippen LogP contribution >= 0.6 is 15.9 Å². The molecule has 1 fully saturated rings. The van der Waals surface area contributed by atoms with E-state index in [1.54, 1.807) is 0 Å². The maximum absolute atomic E-state index is 13.6. The van der Waals surface area contributed by atoms with Crippen LogP contribution in [0.5, 0.6) is 5.75 Å². The Morgan fingerprint density at radius 3 is 2.60 bits per heavy atom. The van der Waals surface area contributed by atoms with Gasteiger partial charge >= 0.3 is 0 Å². The monoisotopic (exact) mass is 273 g/mol. The van der Waals surface area contributed by atoms with E-state index in [-0.39, 0.29) is 17.1 Å². The quantitative estimate of drug-likeness (QED) is 0.900. The topological polar surface area (TPSA) is 35.2 Å². The first-order chi connectivity index (χ1) is 6.99. The fourth-order valence-electron chi connectivity index (χ4n) is 1.88. The summed E-state index contributed by atoms with van der Waals surface area (Å²) in [5.41, 5.74) is 7.50. The number of ether oxygens (including phenoxy) is 1. The van der Waals surface area contributed by atoms with E-state index in [9.17, 15) is 4.39 Å². The largest absolute Gasteiger partial charge is 0.493 e. The molecule has 1 aromatic carbocycles. The minimum absolute atomic E-state index is 0.288. The van der Waals surface area contributed by atoms with E-state index >= 15 is 0 Å². The molecule has 2 rings (SSSR count).